The Morgan fingerprint density at radius 1 is 1.48 bits per heavy atom. The smallest absolute Gasteiger partial charge is 0.374 e. The number of nitrogens with one attached hydrogen (secondary N) is 1. The number of amidine groups is 1. The highest BCUT2D eigenvalue weighted by atomic mass is 79.9. The van der Waals surface area contributed by atoms with Crippen LogP contribution in [0.15, 0.2) is 21.6 Å². The molecule has 6 nitrogen and oxygen atoms in total. The first-order valence-electron chi connectivity index (χ1n) is 5.60. The van der Waals surface area contributed by atoms with Crippen molar-refractivity contribution in [2.75, 3.05) is 6.26 Å². The largest absolute Gasteiger partial charge is 0.534 e. The molecule has 0 fully saturated rings. The van der Waals surface area contributed by atoms with Gasteiger partial charge in [-0.2, -0.15) is 26.9 Å². The summed E-state index contributed by atoms with van der Waals surface area (Å²) in [6, 6.07) is 2.38. The highest BCUT2D eigenvalue weighted by molar-refractivity contribution is 9.10. The van der Waals surface area contributed by atoms with E-state index < -0.39 is 21.4 Å². The van der Waals surface area contributed by atoms with E-state index >= 15 is 0 Å². The van der Waals surface area contributed by atoms with E-state index in [1.165, 1.54) is 13.0 Å². The molecule has 0 spiro atoms. The van der Waals surface area contributed by atoms with Gasteiger partial charge in [0.1, 0.15) is 5.69 Å². The van der Waals surface area contributed by atoms with E-state index in [0.717, 1.165) is 17.8 Å². The van der Waals surface area contributed by atoms with Crippen LogP contribution in [0.5, 0.6) is 5.75 Å². The van der Waals surface area contributed by atoms with Crippen LogP contribution in [0.25, 0.3) is 0 Å². The lowest BCUT2D eigenvalue weighted by Gasteiger charge is -2.13. The molecule has 0 aliphatic heterocycles. The molecule has 0 unspecified atom stereocenters. The number of nitriles is 1. The van der Waals surface area contributed by atoms with Crippen LogP contribution in [0.3, 0.4) is 0 Å². The first-order chi connectivity index (χ1) is 10.5. The summed E-state index contributed by atoms with van der Waals surface area (Å²) in [5.41, 5.74) is -5.32. The fourth-order valence-corrected chi connectivity index (χ4v) is 2.38. The van der Waals surface area contributed by atoms with Crippen molar-refractivity contribution in [3.05, 3.63) is 22.2 Å². The van der Waals surface area contributed by atoms with Crippen LogP contribution in [-0.4, -0.2) is 25.3 Å². The molecule has 0 radical (unpaired) electrons. The summed E-state index contributed by atoms with van der Waals surface area (Å²) in [7, 11) is -5.83. The van der Waals surface area contributed by atoms with Gasteiger partial charge in [0.05, 0.1) is 0 Å². The Bertz CT molecular complexity index is 773. The maximum Gasteiger partial charge on any atom is 0.534 e. The van der Waals surface area contributed by atoms with E-state index in [1.54, 1.807) is 12.4 Å². The van der Waals surface area contributed by atoms with Crippen molar-refractivity contribution in [3.63, 3.8) is 0 Å². The van der Waals surface area contributed by atoms with Crippen LogP contribution in [0, 0.1) is 18.4 Å². The van der Waals surface area contributed by atoms with Crippen molar-refractivity contribution in [1.82, 2.24) is 5.32 Å². The second-order valence-corrected chi connectivity index (χ2v) is 7.10. The minimum Gasteiger partial charge on any atom is -0.374 e. The van der Waals surface area contributed by atoms with Gasteiger partial charge in [0.25, 0.3) is 0 Å². The van der Waals surface area contributed by atoms with Gasteiger partial charge in [0.15, 0.2) is 17.1 Å². The Kier molecular flexibility index (Phi) is 6.32. The Labute approximate surface area is 143 Å². The molecule has 12 heteroatoms. The normalized spacial score (nSPS) is 12.7. The van der Waals surface area contributed by atoms with Gasteiger partial charge in [-0.15, -0.1) is 0 Å². The fourth-order valence-electron chi connectivity index (χ4n) is 1.25. The van der Waals surface area contributed by atoms with Gasteiger partial charge in [-0.05, 0) is 30.9 Å². The van der Waals surface area contributed by atoms with Crippen LogP contribution in [0.1, 0.15) is 5.56 Å². The zero-order chi connectivity index (χ0) is 17.8. The summed E-state index contributed by atoms with van der Waals surface area (Å²) >= 11 is 4.17. The summed E-state index contributed by atoms with van der Waals surface area (Å²) in [6.07, 6.45) is 3.17. The number of nitrogens with zero attached hydrogens (tertiary/aromatic N) is 2. The van der Waals surface area contributed by atoms with E-state index in [4.69, 9.17) is 5.26 Å². The quantitative estimate of drug-likeness (QED) is 0.197. The molecule has 0 heterocycles. The second kappa shape index (κ2) is 7.41. The first-order valence-corrected chi connectivity index (χ1v) is 9.03. The lowest BCUT2D eigenvalue weighted by Crippen LogP contribution is -2.28. The van der Waals surface area contributed by atoms with Crippen LogP contribution >= 0.6 is 27.7 Å². The molecule has 1 N–H and O–H groups in total. The first kappa shape index (κ1) is 19.6. The van der Waals surface area contributed by atoms with E-state index in [2.05, 4.69) is 30.4 Å². The van der Waals surface area contributed by atoms with Gasteiger partial charge in [-0.1, -0.05) is 27.7 Å². The zero-order valence-electron chi connectivity index (χ0n) is 11.6. The maximum atomic E-state index is 12.5. The number of hydrogen-bond donors (Lipinski definition) is 1. The number of thioether (sulfide) groups is 1. The molecule has 0 aromatic heterocycles. The molecule has 126 valence electrons. The number of benzene rings is 1. The highest BCUT2D eigenvalue weighted by Crippen LogP contribution is 2.37. The summed E-state index contributed by atoms with van der Waals surface area (Å²) in [5.74, 6) is -0.602. The van der Waals surface area contributed by atoms with Crippen molar-refractivity contribution in [3.8, 4) is 11.9 Å². The third kappa shape index (κ3) is 5.02. The molecule has 0 saturated carbocycles. The summed E-state index contributed by atoms with van der Waals surface area (Å²) < 4.78 is 64.4. The Hall–Kier alpha value is -1.45. The van der Waals surface area contributed by atoms with Crippen LogP contribution in [0.4, 0.5) is 18.9 Å². The lowest BCUT2D eigenvalue weighted by molar-refractivity contribution is -0.0499. The Morgan fingerprint density at radius 2 is 2.09 bits per heavy atom. The van der Waals surface area contributed by atoms with Gasteiger partial charge in [0, 0.05) is 4.47 Å². The maximum absolute atomic E-state index is 12.5. The molecule has 0 amide bonds. The average molecular weight is 432 g/mol. The van der Waals surface area contributed by atoms with Gasteiger partial charge in [-0.25, -0.2) is 4.99 Å². The molecule has 23 heavy (non-hydrogen) atoms. The van der Waals surface area contributed by atoms with Crippen molar-refractivity contribution in [2.24, 2.45) is 4.99 Å². The predicted octanol–water partition coefficient (Wildman–Crippen LogP) is 3.41. The average Bonchev–Trinajstić information content (AvgIpc) is 2.42. The van der Waals surface area contributed by atoms with Crippen molar-refractivity contribution in [1.29, 1.82) is 5.26 Å². The molecule has 1 aromatic carbocycles. The molecule has 0 saturated heterocycles. The lowest BCUT2D eigenvalue weighted by atomic mass is 10.2. The highest BCUT2D eigenvalue weighted by Gasteiger charge is 2.48. The Morgan fingerprint density at radius 3 is 2.57 bits per heavy atom. The van der Waals surface area contributed by atoms with Crippen LogP contribution in [-0.2, 0) is 10.1 Å². The van der Waals surface area contributed by atoms with Crippen LogP contribution < -0.4 is 9.50 Å². The van der Waals surface area contributed by atoms with E-state index in [-0.39, 0.29) is 10.9 Å². The molecule has 0 aliphatic rings. The minimum atomic E-state index is -5.83. The summed E-state index contributed by atoms with van der Waals surface area (Å²) in [6.45, 7) is 1.54. The Balaban J connectivity index is 3.43. The number of aliphatic imine (C=N–C) groups is 1. The molecule has 1 rings (SSSR count). The van der Waals surface area contributed by atoms with Gasteiger partial charge in [0.2, 0.25) is 0 Å². The van der Waals surface area contributed by atoms with Gasteiger partial charge < -0.3 is 4.18 Å². The van der Waals surface area contributed by atoms with Gasteiger partial charge >= 0.3 is 15.6 Å². The predicted molar refractivity (Wildman–Crippen MR) is 83.8 cm³/mol. The number of rotatable bonds is 3. The number of halogens is 4. The molecule has 0 aliphatic carbocycles. The molecule has 0 atom stereocenters. The standard InChI is InChI=1S/C11H9BrF3N3O3S2/c1-6-3-9(21-23(19,20)11(13,14)15)8(4-7(6)12)18-10(22-2)17-5-16/h3-4H,1-2H3,(H,17,18). The van der Waals surface area contributed by atoms with Crippen molar-refractivity contribution >= 4 is 48.7 Å². The summed E-state index contributed by atoms with van der Waals surface area (Å²) in [4.78, 5) is 3.89. The van der Waals surface area contributed by atoms with E-state index in [9.17, 15) is 21.6 Å². The van der Waals surface area contributed by atoms with E-state index in [1.807, 2.05) is 0 Å². The second-order valence-electron chi connectivity index (χ2n) is 3.91. The minimum absolute atomic E-state index is 0.0532. The third-order valence-electron chi connectivity index (χ3n) is 2.30. The van der Waals surface area contributed by atoms with Crippen LogP contribution in [0.2, 0.25) is 0 Å². The molecule has 0 bridgehead atoms. The SMILES string of the molecule is CSC(=Nc1cc(Br)c(C)cc1OS(=O)(=O)C(F)(F)F)NC#N. The molecular weight excluding hydrogens is 423 g/mol. The number of alkyl halides is 3. The van der Waals surface area contributed by atoms with E-state index in [0.29, 0.717) is 10.0 Å². The molecule has 1 aromatic rings. The molecular formula is C11H9BrF3N3O3S2. The van der Waals surface area contributed by atoms with Crippen molar-refractivity contribution in [2.45, 2.75) is 12.4 Å². The zero-order valence-corrected chi connectivity index (χ0v) is 14.8. The topological polar surface area (TPSA) is 91.5 Å². The number of aryl methyl sites for hydroxylation is 1. The third-order valence-corrected chi connectivity index (χ3v) is 4.70. The number of hydrogen-bond acceptors (Lipinski definition) is 6. The summed E-state index contributed by atoms with van der Waals surface area (Å²) in [5, 5.41) is 10.8. The van der Waals surface area contributed by atoms with Crippen molar-refractivity contribution < 1.29 is 25.8 Å². The van der Waals surface area contributed by atoms with Gasteiger partial charge in [-0.3, -0.25) is 5.32 Å². The monoisotopic (exact) mass is 431 g/mol. The fraction of sp³-hybridized carbons (Fsp3) is 0.273.